The van der Waals surface area contributed by atoms with Crippen molar-refractivity contribution in [1.29, 1.82) is 0 Å². The van der Waals surface area contributed by atoms with Crippen LogP contribution in [0.2, 0.25) is 20.1 Å². The van der Waals surface area contributed by atoms with Crippen LogP contribution in [0.4, 0.5) is 0 Å². The quantitative estimate of drug-likeness (QED) is 0.169. The van der Waals surface area contributed by atoms with Crippen LogP contribution in [0.5, 0.6) is 0 Å². The van der Waals surface area contributed by atoms with Gasteiger partial charge in [-0.3, -0.25) is 0 Å². The van der Waals surface area contributed by atoms with E-state index in [1.165, 1.54) is 39.9 Å². The first-order valence-electron chi connectivity index (χ1n) is 16.0. The standard InChI is InChI=1S/C21H25.2C7H5Cl2.C5H5.CH2.2ClH.Zr/c1-20(2,3)16-9-7-14-11-15-8-10-17(21(4,5)6)13-19(15)18(14)12-16;2*1-5-2-3-6(8)4-7(5)9;1-2-4-5-3-1;;;;/h7,9-10,12-13H,11H2,1-6H3;2*3-4H,1H3;1-3H,4H2;1H2;2*1H;. The molecule has 254 valence electrons. The van der Waals surface area contributed by atoms with Crippen LogP contribution < -0.4 is 9.81 Å². The van der Waals surface area contributed by atoms with Crippen molar-refractivity contribution in [2.24, 2.45) is 0 Å². The molecule has 0 bridgehead atoms. The maximum atomic E-state index is 7.06. The fraction of sp³-hybridized carbons (Fsp3) is 0.293. The minimum absolute atomic E-state index is 0. The van der Waals surface area contributed by atoms with Gasteiger partial charge in [-0.05, 0) is 0 Å². The molecule has 0 amide bonds. The molecule has 48 heavy (non-hydrogen) atoms. The summed E-state index contributed by atoms with van der Waals surface area (Å²) in [6, 6.07) is 20.0. The molecule has 6 rings (SSSR count). The van der Waals surface area contributed by atoms with Gasteiger partial charge >= 0.3 is 298 Å². The predicted octanol–water partition coefficient (Wildman–Crippen LogP) is 12.2. The van der Waals surface area contributed by atoms with Crippen molar-refractivity contribution in [2.45, 2.75) is 79.1 Å². The normalized spacial score (nSPS) is 14.2. The molecule has 0 heterocycles. The average molecular weight is 841 g/mol. The molecule has 0 spiro atoms. The van der Waals surface area contributed by atoms with E-state index in [1.807, 2.05) is 12.1 Å². The molecule has 2 aliphatic rings. The molecule has 7 heteroatoms. The van der Waals surface area contributed by atoms with Crippen molar-refractivity contribution in [3.63, 3.8) is 0 Å². The zero-order chi connectivity index (χ0) is 33.6. The van der Waals surface area contributed by atoms with E-state index in [0.29, 0.717) is 20.1 Å². The zero-order valence-electron chi connectivity index (χ0n) is 28.9. The van der Waals surface area contributed by atoms with Gasteiger partial charge in [-0.2, -0.15) is 0 Å². The Kier molecular flexibility index (Phi) is 11.1. The molecule has 2 aliphatic carbocycles. The molecule has 0 atom stereocenters. The number of fused-ring (bicyclic) bond motifs is 3. The van der Waals surface area contributed by atoms with Gasteiger partial charge in [0.25, 0.3) is 0 Å². The number of benzene rings is 4. The summed E-state index contributed by atoms with van der Waals surface area (Å²) in [5.74, 6) is 0. The van der Waals surface area contributed by atoms with Crippen molar-refractivity contribution in [3.8, 4) is 11.1 Å². The number of hydrogen-bond acceptors (Lipinski definition) is 0. The van der Waals surface area contributed by atoms with Crippen molar-refractivity contribution < 1.29 is 18.3 Å². The van der Waals surface area contributed by atoms with Gasteiger partial charge in [-0.15, -0.1) is 24.8 Å². The number of hydrogen-bond donors (Lipinski definition) is 0. The number of halogens is 6. The fourth-order valence-corrected chi connectivity index (χ4v) is 27.4. The van der Waals surface area contributed by atoms with Gasteiger partial charge < -0.3 is 0 Å². The van der Waals surface area contributed by atoms with E-state index >= 15 is 0 Å². The maximum absolute atomic E-state index is 7.06. The van der Waals surface area contributed by atoms with Crippen LogP contribution in [0, 0.1) is 13.8 Å². The number of rotatable bonds is 4. The van der Waals surface area contributed by atoms with Gasteiger partial charge in [0, 0.05) is 0 Å². The summed E-state index contributed by atoms with van der Waals surface area (Å²) in [4.78, 5) is 0. The van der Waals surface area contributed by atoms with Gasteiger partial charge in [0.15, 0.2) is 0 Å². The van der Waals surface area contributed by atoms with E-state index in [1.54, 1.807) is 0 Å². The summed E-state index contributed by atoms with van der Waals surface area (Å²) < 4.78 is 10.6. The molecule has 0 radical (unpaired) electrons. The first-order chi connectivity index (χ1) is 21.4. The average Bonchev–Trinajstić information content (AvgIpc) is 3.64. The van der Waals surface area contributed by atoms with E-state index in [2.05, 4.69) is 116 Å². The molecular formula is C41H44Cl6Zr. The molecule has 0 nitrogen and oxygen atoms in total. The van der Waals surface area contributed by atoms with Crippen LogP contribution in [0.15, 0.2) is 76.1 Å². The van der Waals surface area contributed by atoms with Crippen LogP contribution >= 0.6 is 71.2 Å². The second-order valence-corrected chi connectivity index (χ2v) is 29.9. The summed E-state index contributed by atoms with van der Waals surface area (Å²) in [6.07, 6.45) is 8.34. The molecule has 0 N–H and O–H groups in total. The number of allylic oxidation sites excluding steroid dienone is 4. The van der Waals surface area contributed by atoms with Crippen LogP contribution in [0.3, 0.4) is 0 Å². The van der Waals surface area contributed by atoms with Gasteiger partial charge in [0.2, 0.25) is 0 Å². The fourth-order valence-electron chi connectivity index (χ4n) is 7.91. The Morgan fingerprint density at radius 1 is 0.646 bits per heavy atom. The molecule has 4 aromatic rings. The molecule has 0 saturated heterocycles. The van der Waals surface area contributed by atoms with Gasteiger partial charge in [0.1, 0.15) is 0 Å². The van der Waals surface area contributed by atoms with Gasteiger partial charge in [-0.25, -0.2) is 0 Å². The third-order valence-corrected chi connectivity index (χ3v) is 28.7. The van der Waals surface area contributed by atoms with Crippen LogP contribution in [0.1, 0.15) is 81.3 Å². The topological polar surface area (TPSA) is 0 Å². The first-order valence-corrected chi connectivity index (χ1v) is 24.2. The summed E-state index contributed by atoms with van der Waals surface area (Å²) in [5.41, 5.74) is 9.85. The van der Waals surface area contributed by atoms with Crippen molar-refractivity contribution in [2.75, 3.05) is 0 Å². The van der Waals surface area contributed by atoms with E-state index in [4.69, 9.17) is 50.6 Å². The Hall–Kier alpha value is -1.15. The molecule has 0 aliphatic heterocycles. The second-order valence-electron chi connectivity index (χ2n) is 15.5. The van der Waals surface area contributed by atoms with E-state index in [9.17, 15) is 0 Å². The van der Waals surface area contributed by atoms with Crippen LogP contribution in [-0.2, 0) is 35.5 Å². The second kappa shape index (κ2) is 13.4. The third kappa shape index (κ3) is 6.11. The Labute approximate surface area is 320 Å². The van der Waals surface area contributed by atoms with Crippen molar-refractivity contribution in [1.82, 2.24) is 0 Å². The van der Waals surface area contributed by atoms with Gasteiger partial charge in [0.05, 0.1) is 0 Å². The Morgan fingerprint density at radius 3 is 1.65 bits per heavy atom. The molecule has 4 aromatic carbocycles. The summed E-state index contributed by atoms with van der Waals surface area (Å²) in [5, 5.41) is 2.50. The molecule has 0 unspecified atom stereocenters. The van der Waals surface area contributed by atoms with Crippen molar-refractivity contribution >= 4 is 85.2 Å². The van der Waals surface area contributed by atoms with E-state index < -0.39 is 18.3 Å². The zero-order valence-corrected chi connectivity index (χ0v) is 36.0. The molecule has 0 fully saturated rings. The third-order valence-electron chi connectivity index (χ3n) is 10.6. The summed E-state index contributed by atoms with van der Waals surface area (Å²) in [6.45, 7) is 18.0. The van der Waals surface area contributed by atoms with Crippen molar-refractivity contribution in [3.05, 3.63) is 130 Å². The summed E-state index contributed by atoms with van der Waals surface area (Å²) in [7, 11) is 0. The molecule has 0 saturated carbocycles. The van der Waals surface area contributed by atoms with E-state index in [0.717, 1.165) is 30.5 Å². The molecule has 0 aromatic heterocycles. The summed E-state index contributed by atoms with van der Waals surface area (Å²) >= 11 is 22.7. The van der Waals surface area contributed by atoms with Gasteiger partial charge in [-0.1, -0.05) is 0 Å². The first kappa shape index (κ1) is 39.6. The molecular weight excluding hydrogens is 796 g/mol. The minimum atomic E-state index is -5.31. The Morgan fingerprint density at radius 2 is 1.17 bits per heavy atom. The Bertz CT molecular complexity index is 2020. The van der Waals surface area contributed by atoms with E-state index in [-0.39, 0.29) is 35.6 Å². The predicted molar refractivity (Wildman–Crippen MR) is 217 cm³/mol. The van der Waals surface area contributed by atoms with Crippen LogP contribution in [0.25, 0.3) is 11.1 Å². The Balaban J connectivity index is 0.00000260. The van der Waals surface area contributed by atoms with Crippen LogP contribution in [-0.4, -0.2) is 4.21 Å². The monoisotopic (exact) mass is 836 g/mol. The SMILES string of the molecule is Cl.Cl.[CH2]=[Zr]([C]1=CC=CC1)([c]1cc(Cl)cc(Cl)c1C)([c]1cc(Cl)cc(Cl)c1C)[c]1cc(C(C)(C)C)cc2c1Cc1ccc(C(C)(C)C)cc1-2.